The maximum absolute atomic E-state index is 11.5. The van der Waals surface area contributed by atoms with Gasteiger partial charge in [0.25, 0.3) is 0 Å². The third-order valence-corrected chi connectivity index (χ3v) is 3.57. The lowest BCUT2D eigenvalue weighted by atomic mass is 9.97. The fraction of sp³-hybridized carbons (Fsp3) is 0.467. The molecule has 20 heavy (non-hydrogen) atoms. The topological polar surface area (TPSA) is 69.6 Å². The number of carbonyl (C=O) groups is 2. The van der Waals surface area contributed by atoms with Gasteiger partial charge >= 0.3 is 5.97 Å². The molecule has 5 nitrogen and oxygen atoms in total. The molecule has 2 N–H and O–H groups in total. The van der Waals surface area contributed by atoms with Crippen molar-refractivity contribution in [3.8, 4) is 0 Å². The lowest BCUT2D eigenvalue weighted by molar-refractivity contribution is -0.121. The summed E-state index contributed by atoms with van der Waals surface area (Å²) in [6.07, 6.45) is 1.40. The van der Waals surface area contributed by atoms with Gasteiger partial charge in [-0.3, -0.25) is 9.69 Å². The maximum Gasteiger partial charge on any atom is 0.335 e. The van der Waals surface area contributed by atoms with Crippen molar-refractivity contribution in [2.24, 2.45) is 0 Å². The minimum Gasteiger partial charge on any atom is -0.478 e. The molecule has 1 heterocycles. The summed E-state index contributed by atoms with van der Waals surface area (Å²) in [7, 11) is 0. The molecule has 0 saturated carbocycles. The van der Waals surface area contributed by atoms with Crippen LogP contribution in [0.25, 0.3) is 0 Å². The van der Waals surface area contributed by atoms with Crippen molar-refractivity contribution in [1.82, 2.24) is 10.2 Å². The predicted octanol–water partition coefficient (Wildman–Crippen LogP) is 1.27. The number of hydrogen-bond acceptors (Lipinski definition) is 3. The Kier molecular flexibility index (Phi) is 4.74. The largest absolute Gasteiger partial charge is 0.478 e. The monoisotopic (exact) mass is 276 g/mol. The molecule has 108 valence electrons. The standard InChI is InChI=1S/C15H20N2O3/c1-2-16-14(18)6-8-17-7-5-11-3-4-12(15(19)20)9-13(11)10-17/h3-4,9H,2,5-8,10H2,1H3,(H,16,18)(H,19,20). The number of carboxylic acid groups (broad SMARTS) is 1. The molecule has 1 aliphatic rings. The summed E-state index contributed by atoms with van der Waals surface area (Å²) in [5.74, 6) is -0.829. The van der Waals surface area contributed by atoms with Gasteiger partial charge in [0.1, 0.15) is 0 Å². The fourth-order valence-corrected chi connectivity index (χ4v) is 2.48. The number of nitrogens with zero attached hydrogens (tertiary/aromatic N) is 1. The zero-order chi connectivity index (χ0) is 14.5. The molecule has 0 atom stereocenters. The Morgan fingerprint density at radius 3 is 2.85 bits per heavy atom. The van der Waals surface area contributed by atoms with Crippen LogP contribution in [0.5, 0.6) is 0 Å². The van der Waals surface area contributed by atoms with Crippen molar-refractivity contribution < 1.29 is 14.7 Å². The molecule has 1 aromatic carbocycles. The van der Waals surface area contributed by atoms with Crippen LogP contribution in [0, 0.1) is 0 Å². The summed E-state index contributed by atoms with van der Waals surface area (Å²) < 4.78 is 0. The smallest absolute Gasteiger partial charge is 0.335 e. The molecular weight excluding hydrogens is 256 g/mol. The Labute approximate surface area is 118 Å². The third-order valence-electron chi connectivity index (χ3n) is 3.57. The lowest BCUT2D eigenvalue weighted by Crippen LogP contribution is -2.34. The van der Waals surface area contributed by atoms with Gasteiger partial charge in [0.05, 0.1) is 5.56 Å². The second-order valence-corrected chi connectivity index (χ2v) is 5.02. The van der Waals surface area contributed by atoms with Gasteiger partial charge in [0, 0.05) is 32.6 Å². The summed E-state index contributed by atoms with van der Waals surface area (Å²) in [5, 5.41) is 11.8. The normalized spacial score (nSPS) is 14.7. The average Bonchev–Trinajstić information content (AvgIpc) is 2.44. The van der Waals surface area contributed by atoms with Crippen LogP contribution in [0.3, 0.4) is 0 Å². The van der Waals surface area contributed by atoms with E-state index in [2.05, 4.69) is 10.2 Å². The van der Waals surface area contributed by atoms with Crippen LogP contribution in [-0.4, -0.2) is 41.5 Å². The number of benzene rings is 1. The third kappa shape index (κ3) is 3.57. The van der Waals surface area contributed by atoms with E-state index in [4.69, 9.17) is 5.11 Å². The van der Waals surface area contributed by atoms with Crippen molar-refractivity contribution in [1.29, 1.82) is 0 Å². The minimum absolute atomic E-state index is 0.0672. The Hall–Kier alpha value is -1.88. The molecule has 1 aliphatic heterocycles. The molecular formula is C15H20N2O3. The fourth-order valence-electron chi connectivity index (χ4n) is 2.48. The molecule has 0 unspecified atom stereocenters. The quantitative estimate of drug-likeness (QED) is 0.849. The van der Waals surface area contributed by atoms with E-state index in [0.29, 0.717) is 25.1 Å². The van der Waals surface area contributed by atoms with Gasteiger partial charge in [-0.1, -0.05) is 6.07 Å². The summed E-state index contributed by atoms with van der Waals surface area (Å²) in [6, 6.07) is 5.31. The van der Waals surface area contributed by atoms with Gasteiger partial charge in [-0.25, -0.2) is 4.79 Å². The van der Waals surface area contributed by atoms with E-state index in [0.717, 1.165) is 25.1 Å². The van der Waals surface area contributed by atoms with E-state index in [-0.39, 0.29) is 5.91 Å². The first kappa shape index (κ1) is 14.5. The first-order valence-corrected chi connectivity index (χ1v) is 6.94. The van der Waals surface area contributed by atoms with Gasteiger partial charge in [-0.15, -0.1) is 0 Å². The van der Waals surface area contributed by atoms with Crippen LogP contribution in [0.4, 0.5) is 0 Å². The lowest BCUT2D eigenvalue weighted by Gasteiger charge is -2.28. The molecule has 1 amide bonds. The first-order chi connectivity index (χ1) is 9.60. The summed E-state index contributed by atoms with van der Waals surface area (Å²) in [4.78, 5) is 24.6. The van der Waals surface area contributed by atoms with Crippen molar-refractivity contribution in [2.45, 2.75) is 26.3 Å². The molecule has 0 fully saturated rings. The molecule has 1 aromatic rings. The average molecular weight is 276 g/mol. The highest BCUT2D eigenvalue weighted by molar-refractivity contribution is 5.87. The van der Waals surface area contributed by atoms with Gasteiger partial charge in [0.15, 0.2) is 0 Å². The summed E-state index contributed by atoms with van der Waals surface area (Å²) in [5.41, 5.74) is 2.60. The maximum atomic E-state index is 11.5. The second kappa shape index (κ2) is 6.52. The number of fused-ring (bicyclic) bond motifs is 1. The molecule has 5 heteroatoms. The van der Waals surface area contributed by atoms with Crippen LogP contribution < -0.4 is 5.32 Å². The van der Waals surface area contributed by atoms with Crippen molar-refractivity contribution in [3.05, 3.63) is 34.9 Å². The number of amides is 1. The summed E-state index contributed by atoms with van der Waals surface area (Å²) >= 11 is 0. The number of aromatic carboxylic acids is 1. The summed E-state index contributed by atoms with van der Waals surface area (Å²) in [6.45, 7) is 4.91. The predicted molar refractivity (Wildman–Crippen MR) is 75.7 cm³/mol. The highest BCUT2D eigenvalue weighted by Gasteiger charge is 2.18. The Balaban J connectivity index is 1.97. The second-order valence-electron chi connectivity index (χ2n) is 5.02. The zero-order valence-electron chi connectivity index (χ0n) is 11.7. The van der Waals surface area contributed by atoms with Gasteiger partial charge < -0.3 is 10.4 Å². The van der Waals surface area contributed by atoms with Crippen molar-refractivity contribution in [3.63, 3.8) is 0 Å². The molecule has 0 radical (unpaired) electrons. The molecule has 0 aromatic heterocycles. The molecule has 0 saturated heterocycles. The van der Waals surface area contributed by atoms with E-state index < -0.39 is 5.97 Å². The van der Waals surface area contributed by atoms with E-state index >= 15 is 0 Å². The number of carbonyl (C=O) groups excluding carboxylic acids is 1. The van der Waals surface area contributed by atoms with Crippen molar-refractivity contribution >= 4 is 11.9 Å². The molecule has 0 aliphatic carbocycles. The van der Waals surface area contributed by atoms with Gasteiger partial charge in [-0.05, 0) is 36.6 Å². The number of hydrogen-bond donors (Lipinski definition) is 2. The molecule has 2 rings (SSSR count). The highest BCUT2D eigenvalue weighted by Crippen LogP contribution is 2.20. The van der Waals surface area contributed by atoms with Gasteiger partial charge in [0.2, 0.25) is 5.91 Å². The minimum atomic E-state index is -0.896. The van der Waals surface area contributed by atoms with Gasteiger partial charge in [-0.2, -0.15) is 0 Å². The van der Waals surface area contributed by atoms with Crippen LogP contribution >= 0.6 is 0 Å². The number of carboxylic acids is 1. The Bertz CT molecular complexity index is 514. The van der Waals surface area contributed by atoms with E-state index in [1.54, 1.807) is 12.1 Å². The number of rotatable bonds is 5. The zero-order valence-corrected chi connectivity index (χ0v) is 11.7. The molecule has 0 spiro atoms. The van der Waals surface area contributed by atoms with Crippen LogP contribution in [0.2, 0.25) is 0 Å². The van der Waals surface area contributed by atoms with E-state index in [1.165, 1.54) is 5.56 Å². The molecule has 0 bridgehead atoms. The van der Waals surface area contributed by atoms with Crippen LogP contribution in [0.1, 0.15) is 34.8 Å². The number of nitrogens with one attached hydrogen (secondary N) is 1. The van der Waals surface area contributed by atoms with Crippen molar-refractivity contribution in [2.75, 3.05) is 19.6 Å². The van der Waals surface area contributed by atoms with Crippen LogP contribution in [0.15, 0.2) is 18.2 Å². The SMILES string of the molecule is CCNC(=O)CCN1CCc2ccc(C(=O)O)cc2C1. The Morgan fingerprint density at radius 2 is 2.15 bits per heavy atom. The van der Waals surface area contributed by atoms with E-state index in [1.807, 2.05) is 13.0 Å². The highest BCUT2D eigenvalue weighted by atomic mass is 16.4. The Morgan fingerprint density at radius 1 is 1.35 bits per heavy atom. The van der Waals surface area contributed by atoms with Crippen LogP contribution in [-0.2, 0) is 17.8 Å². The van der Waals surface area contributed by atoms with E-state index in [9.17, 15) is 9.59 Å². The first-order valence-electron chi connectivity index (χ1n) is 6.94.